The normalized spacial score (nSPS) is 20.9. The summed E-state index contributed by atoms with van der Waals surface area (Å²) in [5.41, 5.74) is 1.42. The van der Waals surface area contributed by atoms with Crippen LogP contribution in [0.25, 0.3) is 11.0 Å². The Morgan fingerprint density at radius 3 is 2.48 bits per heavy atom. The molecule has 4 rings (SSSR count). The van der Waals surface area contributed by atoms with Crippen LogP contribution >= 0.6 is 0 Å². The van der Waals surface area contributed by atoms with Crippen molar-refractivity contribution in [3.8, 4) is 0 Å². The van der Waals surface area contributed by atoms with Gasteiger partial charge in [0.25, 0.3) is 0 Å². The van der Waals surface area contributed by atoms with Crippen LogP contribution in [0.4, 0.5) is 0 Å². The van der Waals surface area contributed by atoms with Crippen molar-refractivity contribution in [2.75, 3.05) is 6.54 Å². The van der Waals surface area contributed by atoms with Crippen LogP contribution in [0.5, 0.6) is 0 Å². The highest BCUT2D eigenvalue weighted by Gasteiger charge is 2.46. The molecule has 0 bridgehead atoms. The van der Waals surface area contributed by atoms with Crippen molar-refractivity contribution < 1.29 is 23.5 Å². The minimum Gasteiger partial charge on any atom is -0.461 e. The second-order valence-corrected chi connectivity index (χ2v) is 7.48. The van der Waals surface area contributed by atoms with Crippen molar-refractivity contribution in [2.45, 2.75) is 32.8 Å². The van der Waals surface area contributed by atoms with Gasteiger partial charge in [-0.1, -0.05) is 24.3 Å². The molecule has 2 aliphatic rings. The van der Waals surface area contributed by atoms with Crippen molar-refractivity contribution in [1.29, 1.82) is 0 Å². The lowest BCUT2D eigenvalue weighted by molar-refractivity contribution is -0.146. The molecule has 2 atom stereocenters. The molecule has 0 radical (unpaired) electrons. The smallest absolute Gasteiger partial charge is 0.336 e. The zero-order valence-electron chi connectivity index (χ0n) is 16.1. The number of nitrogens with zero attached hydrogens (tertiary/aromatic N) is 1. The predicted molar refractivity (Wildman–Crippen MR) is 104 cm³/mol. The van der Waals surface area contributed by atoms with Crippen LogP contribution in [0.3, 0.4) is 0 Å². The van der Waals surface area contributed by atoms with Gasteiger partial charge in [-0.15, -0.1) is 0 Å². The predicted octanol–water partition coefficient (Wildman–Crippen LogP) is 2.49. The fourth-order valence-corrected chi connectivity index (χ4v) is 3.98. The number of hydrogen-bond acceptors (Lipinski definition) is 6. The van der Waals surface area contributed by atoms with Gasteiger partial charge in [0.2, 0.25) is 11.8 Å². The number of benzene rings is 1. The lowest BCUT2D eigenvalue weighted by atomic mass is 9.85. The van der Waals surface area contributed by atoms with Crippen LogP contribution < -0.4 is 5.63 Å². The Balaban J connectivity index is 1.38. The summed E-state index contributed by atoms with van der Waals surface area (Å²) in [6, 6.07) is 6.75. The van der Waals surface area contributed by atoms with Crippen LogP contribution in [-0.2, 0) is 25.7 Å². The molecule has 1 aliphatic carbocycles. The number of fused-ring (bicyclic) bond motifs is 2. The second-order valence-electron chi connectivity index (χ2n) is 7.48. The number of imide groups is 1. The van der Waals surface area contributed by atoms with Gasteiger partial charge in [-0.2, -0.15) is 0 Å². The van der Waals surface area contributed by atoms with E-state index < -0.39 is 11.6 Å². The molecule has 7 heteroatoms. The van der Waals surface area contributed by atoms with Crippen molar-refractivity contribution >= 4 is 28.8 Å². The molecule has 1 saturated heterocycles. The molecule has 1 fully saturated rings. The molecule has 2 heterocycles. The SMILES string of the molecule is Cc1ccc2c(COC(=O)CCN3C(=O)[C@H]4CC=CC[C@@H]4C3=O)cc(=O)oc2c1. The number of rotatable bonds is 5. The Morgan fingerprint density at radius 2 is 1.79 bits per heavy atom. The molecule has 29 heavy (non-hydrogen) atoms. The van der Waals surface area contributed by atoms with E-state index in [1.807, 2.05) is 31.2 Å². The molecular weight excluding hydrogens is 374 g/mol. The maximum atomic E-state index is 12.4. The summed E-state index contributed by atoms with van der Waals surface area (Å²) in [7, 11) is 0. The maximum absolute atomic E-state index is 12.4. The number of allylic oxidation sites excluding steroid dienone is 2. The number of likely N-dealkylation sites (tertiary alicyclic amines) is 1. The van der Waals surface area contributed by atoms with Gasteiger partial charge in [-0.3, -0.25) is 19.3 Å². The van der Waals surface area contributed by atoms with Crippen molar-refractivity contribution in [2.24, 2.45) is 11.8 Å². The van der Waals surface area contributed by atoms with Gasteiger partial charge in [0.1, 0.15) is 12.2 Å². The van der Waals surface area contributed by atoms with E-state index in [0.717, 1.165) is 5.56 Å². The molecule has 1 aromatic carbocycles. The highest BCUT2D eigenvalue weighted by atomic mass is 16.5. The zero-order chi connectivity index (χ0) is 20.5. The van der Waals surface area contributed by atoms with Crippen LogP contribution in [0.15, 0.2) is 45.6 Å². The first kappa shape index (κ1) is 19.1. The van der Waals surface area contributed by atoms with Crippen molar-refractivity contribution in [3.05, 3.63) is 58.0 Å². The third-order valence-corrected chi connectivity index (χ3v) is 5.51. The Kier molecular flexibility index (Phi) is 5.05. The molecule has 0 saturated carbocycles. The number of amides is 2. The minimum atomic E-state index is -0.535. The number of esters is 1. The Hall–Kier alpha value is -3.22. The van der Waals surface area contributed by atoms with E-state index in [2.05, 4.69) is 0 Å². The lowest BCUT2D eigenvalue weighted by Crippen LogP contribution is -2.33. The number of carbonyl (C=O) groups excluding carboxylic acids is 3. The largest absolute Gasteiger partial charge is 0.461 e. The number of aryl methyl sites for hydroxylation is 1. The van der Waals surface area contributed by atoms with E-state index in [0.29, 0.717) is 29.4 Å². The summed E-state index contributed by atoms with van der Waals surface area (Å²) in [6.45, 7) is 1.82. The number of carbonyl (C=O) groups is 3. The maximum Gasteiger partial charge on any atom is 0.336 e. The van der Waals surface area contributed by atoms with Crippen LogP contribution in [0.2, 0.25) is 0 Å². The molecule has 7 nitrogen and oxygen atoms in total. The molecule has 2 aromatic rings. The van der Waals surface area contributed by atoms with Gasteiger partial charge < -0.3 is 9.15 Å². The molecule has 0 spiro atoms. The molecule has 1 aliphatic heterocycles. The minimum absolute atomic E-state index is 0.0143. The molecule has 150 valence electrons. The molecule has 1 aromatic heterocycles. The third-order valence-electron chi connectivity index (χ3n) is 5.51. The molecule has 0 N–H and O–H groups in total. The third kappa shape index (κ3) is 3.72. The summed E-state index contributed by atoms with van der Waals surface area (Å²) < 4.78 is 10.5. The first-order chi connectivity index (χ1) is 13.9. The summed E-state index contributed by atoms with van der Waals surface area (Å²) in [5.74, 6) is -1.56. The van der Waals surface area contributed by atoms with E-state index in [4.69, 9.17) is 9.15 Å². The molecule has 2 amide bonds. The van der Waals surface area contributed by atoms with Crippen molar-refractivity contribution in [3.63, 3.8) is 0 Å². The van der Waals surface area contributed by atoms with Crippen LogP contribution in [0.1, 0.15) is 30.4 Å². The van der Waals surface area contributed by atoms with Gasteiger partial charge in [-0.05, 0) is 31.4 Å². The average molecular weight is 395 g/mol. The fourth-order valence-electron chi connectivity index (χ4n) is 3.98. The van der Waals surface area contributed by atoms with E-state index >= 15 is 0 Å². The summed E-state index contributed by atoms with van der Waals surface area (Å²) in [5, 5.41) is 0.699. The standard InChI is InChI=1S/C22H21NO6/c1-13-6-7-15-14(11-20(25)29-18(15)10-13)12-28-19(24)8-9-23-21(26)16-4-2-3-5-17(16)22(23)27/h2-3,6-7,10-11,16-17H,4-5,8-9,12H2,1H3/t16-,17-/m0/s1. The number of hydrogen-bond donors (Lipinski definition) is 0. The van der Waals surface area contributed by atoms with Crippen LogP contribution in [-0.4, -0.2) is 29.2 Å². The van der Waals surface area contributed by atoms with Crippen LogP contribution in [0, 0.1) is 18.8 Å². The highest BCUT2D eigenvalue weighted by Crippen LogP contribution is 2.35. The summed E-state index contributed by atoms with van der Waals surface area (Å²) in [4.78, 5) is 50.0. The summed E-state index contributed by atoms with van der Waals surface area (Å²) >= 11 is 0. The van der Waals surface area contributed by atoms with Gasteiger partial charge in [-0.25, -0.2) is 4.79 Å². The molecular formula is C22H21NO6. The first-order valence-corrected chi connectivity index (χ1v) is 9.63. The second kappa shape index (κ2) is 7.66. The Morgan fingerprint density at radius 1 is 1.10 bits per heavy atom. The topological polar surface area (TPSA) is 93.9 Å². The quantitative estimate of drug-likeness (QED) is 0.334. The zero-order valence-corrected chi connectivity index (χ0v) is 16.1. The van der Waals surface area contributed by atoms with Gasteiger partial charge in [0.05, 0.1) is 18.3 Å². The van der Waals surface area contributed by atoms with E-state index in [1.165, 1.54) is 11.0 Å². The first-order valence-electron chi connectivity index (χ1n) is 9.63. The Labute approximate surface area is 166 Å². The lowest BCUT2D eigenvalue weighted by Gasteiger charge is -2.14. The van der Waals surface area contributed by atoms with Crippen molar-refractivity contribution in [1.82, 2.24) is 4.90 Å². The average Bonchev–Trinajstić information content (AvgIpc) is 2.94. The fraction of sp³-hybridized carbons (Fsp3) is 0.364. The molecule has 0 unspecified atom stereocenters. The Bertz CT molecular complexity index is 1060. The number of ether oxygens (including phenoxy) is 1. The highest BCUT2D eigenvalue weighted by molar-refractivity contribution is 6.05. The van der Waals surface area contributed by atoms with E-state index in [-0.39, 0.29) is 43.2 Å². The van der Waals surface area contributed by atoms with Gasteiger partial charge in [0.15, 0.2) is 0 Å². The monoisotopic (exact) mass is 395 g/mol. The summed E-state index contributed by atoms with van der Waals surface area (Å²) in [6.07, 6.45) is 4.90. The van der Waals surface area contributed by atoms with E-state index in [9.17, 15) is 19.2 Å². The van der Waals surface area contributed by atoms with E-state index in [1.54, 1.807) is 6.07 Å². The van der Waals surface area contributed by atoms with Gasteiger partial charge >= 0.3 is 11.6 Å². The van der Waals surface area contributed by atoms with Gasteiger partial charge in [0, 0.05) is 23.6 Å².